The van der Waals surface area contributed by atoms with Gasteiger partial charge < -0.3 is 11.5 Å². The molecular weight excluding hydrogens is 178 g/mol. The van der Waals surface area contributed by atoms with Gasteiger partial charge in [-0.1, -0.05) is 6.42 Å². The van der Waals surface area contributed by atoms with Crippen molar-refractivity contribution < 1.29 is 4.79 Å². The molecule has 2 atom stereocenters. The van der Waals surface area contributed by atoms with Crippen LogP contribution in [0.5, 0.6) is 0 Å². The largest absolute Gasteiger partial charge is 0.370 e. The zero-order valence-electron chi connectivity index (χ0n) is 8.48. The zero-order valence-corrected chi connectivity index (χ0v) is 8.48. The van der Waals surface area contributed by atoms with E-state index in [0.717, 1.165) is 19.5 Å². The van der Waals surface area contributed by atoms with E-state index in [1.54, 1.807) is 0 Å². The van der Waals surface area contributed by atoms with Crippen molar-refractivity contribution in [3.05, 3.63) is 0 Å². The monoisotopic (exact) mass is 197 g/mol. The summed E-state index contributed by atoms with van der Waals surface area (Å²) in [6.45, 7) is 2.03. The Labute approximate surface area is 84.6 Å². The predicted molar refractivity (Wildman–Crippen MR) is 54.5 cm³/mol. The van der Waals surface area contributed by atoms with Gasteiger partial charge in [0.2, 0.25) is 5.91 Å². The summed E-state index contributed by atoms with van der Waals surface area (Å²) in [5, 5.41) is 0. The van der Waals surface area contributed by atoms with Gasteiger partial charge in [-0.2, -0.15) is 0 Å². The maximum absolute atomic E-state index is 10.7. The maximum atomic E-state index is 10.7. The quantitative estimate of drug-likeness (QED) is 0.651. The van der Waals surface area contributed by atoms with Gasteiger partial charge in [0.05, 0.1) is 0 Å². The molecule has 1 heterocycles. The Hall–Kier alpha value is -0.610. The van der Waals surface area contributed by atoms with Gasteiger partial charge in [0.1, 0.15) is 0 Å². The zero-order chi connectivity index (χ0) is 10.1. The number of hydrogen-bond acceptors (Lipinski definition) is 3. The Morgan fingerprint density at radius 2 is 2.07 bits per heavy atom. The molecule has 0 aromatic carbocycles. The molecule has 0 spiro atoms. The fourth-order valence-electron chi connectivity index (χ4n) is 2.72. The first-order valence-electron chi connectivity index (χ1n) is 5.44. The van der Waals surface area contributed by atoms with Crippen molar-refractivity contribution >= 4 is 5.91 Å². The highest BCUT2D eigenvalue weighted by Gasteiger charge is 2.37. The second kappa shape index (κ2) is 3.87. The number of carbonyl (C=O) groups is 1. The summed E-state index contributed by atoms with van der Waals surface area (Å²) in [5.41, 5.74) is 11.1. The van der Waals surface area contributed by atoms with Crippen molar-refractivity contribution in [3.63, 3.8) is 0 Å². The summed E-state index contributed by atoms with van der Waals surface area (Å²) in [6, 6.07) is 0.920. The topological polar surface area (TPSA) is 72.4 Å². The first-order valence-corrected chi connectivity index (χ1v) is 5.44. The first-order chi connectivity index (χ1) is 6.66. The molecule has 0 aromatic rings. The number of amides is 1. The first kappa shape index (κ1) is 9.93. The van der Waals surface area contributed by atoms with E-state index >= 15 is 0 Å². The third-order valence-corrected chi connectivity index (χ3v) is 3.48. The lowest BCUT2D eigenvalue weighted by Gasteiger charge is -2.44. The second-order valence-electron chi connectivity index (χ2n) is 4.65. The van der Waals surface area contributed by atoms with Crippen molar-refractivity contribution in [2.75, 3.05) is 13.1 Å². The molecule has 4 heteroatoms. The molecule has 14 heavy (non-hydrogen) atoms. The van der Waals surface area contributed by atoms with Crippen molar-refractivity contribution in [2.45, 2.75) is 37.8 Å². The fourth-order valence-corrected chi connectivity index (χ4v) is 2.72. The van der Waals surface area contributed by atoms with Gasteiger partial charge in [0.25, 0.3) is 0 Å². The van der Waals surface area contributed by atoms with Gasteiger partial charge >= 0.3 is 0 Å². The van der Waals surface area contributed by atoms with E-state index in [1.807, 2.05) is 0 Å². The Morgan fingerprint density at radius 3 is 2.57 bits per heavy atom. The number of carbonyl (C=O) groups excluding carboxylic acids is 1. The van der Waals surface area contributed by atoms with Crippen LogP contribution >= 0.6 is 0 Å². The van der Waals surface area contributed by atoms with E-state index in [0.29, 0.717) is 24.4 Å². The van der Waals surface area contributed by atoms with Crippen molar-refractivity contribution in [3.8, 4) is 0 Å². The predicted octanol–water partition coefficient (Wildman–Crippen LogP) is -0.327. The molecule has 2 unspecified atom stereocenters. The van der Waals surface area contributed by atoms with Crippen LogP contribution in [0.2, 0.25) is 0 Å². The summed E-state index contributed by atoms with van der Waals surface area (Å²) in [7, 11) is 0. The minimum Gasteiger partial charge on any atom is -0.370 e. The van der Waals surface area contributed by atoms with E-state index < -0.39 is 0 Å². The van der Waals surface area contributed by atoms with Crippen LogP contribution in [0.25, 0.3) is 0 Å². The smallest absolute Gasteiger partial charge is 0.217 e. The molecule has 1 amide bonds. The van der Waals surface area contributed by atoms with Crippen molar-refractivity contribution in [1.29, 1.82) is 0 Å². The third kappa shape index (κ3) is 1.91. The summed E-state index contributed by atoms with van der Waals surface area (Å²) in [6.07, 6.45) is 4.17. The van der Waals surface area contributed by atoms with Gasteiger partial charge in [0.15, 0.2) is 0 Å². The van der Waals surface area contributed by atoms with E-state index in [1.165, 1.54) is 12.8 Å². The second-order valence-corrected chi connectivity index (χ2v) is 4.65. The molecule has 80 valence electrons. The Balaban J connectivity index is 1.74. The van der Waals surface area contributed by atoms with Crippen LogP contribution in [0, 0.1) is 5.92 Å². The summed E-state index contributed by atoms with van der Waals surface area (Å²) >= 11 is 0. The molecule has 0 radical (unpaired) electrons. The number of likely N-dealkylation sites (tertiary alicyclic amines) is 1. The van der Waals surface area contributed by atoms with Crippen LogP contribution in [0.1, 0.15) is 25.7 Å². The molecule has 4 N–H and O–H groups in total. The van der Waals surface area contributed by atoms with Gasteiger partial charge in [0, 0.05) is 31.6 Å². The highest BCUT2D eigenvalue weighted by molar-refractivity contribution is 5.74. The molecule has 2 rings (SSSR count). The van der Waals surface area contributed by atoms with Gasteiger partial charge in [-0.25, -0.2) is 0 Å². The number of nitrogens with zero attached hydrogens (tertiary/aromatic N) is 1. The van der Waals surface area contributed by atoms with Crippen LogP contribution in [-0.4, -0.2) is 36.0 Å². The Bertz CT molecular complexity index is 225. The standard InChI is InChI=1S/C10H19N3O/c11-8-2-1-3-9(8)13-5-7(6-13)4-10(12)14/h7-9H,1-6,11H2,(H2,12,14). The number of rotatable bonds is 3. The maximum Gasteiger partial charge on any atom is 0.217 e. The van der Waals surface area contributed by atoms with Gasteiger partial charge in [-0.3, -0.25) is 9.69 Å². The lowest BCUT2D eigenvalue weighted by molar-refractivity contribution is -0.120. The van der Waals surface area contributed by atoms with Crippen LogP contribution in [0.3, 0.4) is 0 Å². The summed E-state index contributed by atoms with van der Waals surface area (Å²) < 4.78 is 0. The summed E-state index contributed by atoms with van der Waals surface area (Å²) in [4.78, 5) is 13.1. The molecule has 2 aliphatic rings. The van der Waals surface area contributed by atoms with Crippen LogP contribution < -0.4 is 11.5 Å². The van der Waals surface area contributed by atoms with E-state index in [4.69, 9.17) is 11.5 Å². The highest BCUT2D eigenvalue weighted by atomic mass is 16.1. The molecule has 1 saturated heterocycles. The van der Waals surface area contributed by atoms with Crippen LogP contribution in [0.4, 0.5) is 0 Å². The Kier molecular flexibility index (Phi) is 2.74. The lowest BCUT2D eigenvalue weighted by atomic mass is 9.93. The highest BCUT2D eigenvalue weighted by Crippen LogP contribution is 2.29. The fraction of sp³-hybridized carbons (Fsp3) is 0.900. The number of hydrogen-bond donors (Lipinski definition) is 2. The average molecular weight is 197 g/mol. The van der Waals surface area contributed by atoms with E-state index in [9.17, 15) is 4.79 Å². The molecule has 2 fully saturated rings. The number of nitrogens with two attached hydrogens (primary N) is 2. The lowest BCUT2D eigenvalue weighted by Crippen LogP contribution is -2.56. The minimum absolute atomic E-state index is 0.176. The van der Waals surface area contributed by atoms with Crippen molar-refractivity contribution in [1.82, 2.24) is 4.90 Å². The van der Waals surface area contributed by atoms with Crippen LogP contribution in [-0.2, 0) is 4.79 Å². The van der Waals surface area contributed by atoms with Gasteiger partial charge in [-0.05, 0) is 18.8 Å². The van der Waals surface area contributed by atoms with E-state index in [2.05, 4.69) is 4.90 Å². The SMILES string of the molecule is NC(=O)CC1CN(C2CCCC2N)C1. The molecule has 0 bridgehead atoms. The van der Waals surface area contributed by atoms with Crippen LogP contribution in [0.15, 0.2) is 0 Å². The molecule has 4 nitrogen and oxygen atoms in total. The third-order valence-electron chi connectivity index (χ3n) is 3.48. The minimum atomic E-state index is -0.176. The van der Waals surface area contributed by atoms with Crippen molar-refractivity contribution in [2.24, 2.45) is 17.4 Å². The Morgan fingerprint density at radius 1 is 1.36 bits per heavy atom. The molecule has 1 aliphatic carbocycles. The molecular formula is C10H19N3O. The van der Waals surface area contributed by atoms with Gasteiger partial charge in [-0.15, -0.1) is 0 Å². The molecule has 1 saturated carbocycles. The summed E-state index contributed by atoms with van der Waals surface area (Å²) in [5.74, 6) is 0.311. The normalized spacial score (nSPS) is 34.4. The van der Waals surface area contributed by atoms with E-state index in [-0.39, 0.29) is 5.91 Å². The number of primary amides is 1. The molecule has 1 aliphatic heterocycles. The average Bonchev–Trinajstić information content (AvgIpc) is 2.42. The molecule has 0 aromatic heterocycles.